The maximum absolute atomic E-state index is 3.87. The summed E-state index contributed by atoms with van der Waals surface area (Å²) in [7, 11) is 0. The van der Waals surface area contributed by atoms with Crippen molar-refractivity contribution < 1.29 is 0 Å². The van der Waals surface area contributed by atoms with Crippen LogP contribution in [0.4, 0.5) is 0 Å². The zero-order chi connectivity index (χ0) is 21.4. The van der Waals surface area contributed by atoms with Crippen LogP contribution in [0.3, 0.4) is 0 Å². The first kappa shape index (κ1) is 24.2. The van der Waals surface area contributed by atoms with Crippen LogP contribution in [-0.2, 0) is 0 Å². The van der Waals surface area contributed by atoms with Gasteiger partial charge in [0.15, 0.2) is 0 Å². The van der Waals surface area contributed by atoms with Gasteiger partial charge in [0.25, 0.3) is 0 Å². The molecule has 2 saturated heterocycles. The quantitative estimate of drug-likeness (QED) is 0.490. The monoisotopic (exact) mass is 392 g/mol. The van der Waals surface area contributed by atoms with Crippen LogP contribution in [0.2, 0.25) is 0 Å². The van der Waals surface area contributed by atoms with Crippen LogP contribution in [0, 0.1) is 23.7 Å². The molecule has 0 aromatic rings. The van der Waals surface area contributed by atoms with Gasteiger partial charge in [0.2, 0.25) is 0 Å². The lowest BCUT2D eigenvalue weighted by atomic mass is 9.70. The molecule has 2 fully saturated rings. The molecular formula is C26H52N2. The molecule has 2 N–H and O–H groups in total. The summed E-state index contributed by atoms with van der Waals surface area (Å²) in [5.74, 6) is 3.46. The fourth-order valence-corrected chi connectivity index (χ4v) is 7.38. The first-order valence-electron chi connectivity index (χ1n) is 12.2. The second-order valence-corrected chi connectivity index (χ2v) is 13.6. The Morgan fingerprint density at radius 2 is 1.07 bits per heavy atom. The van der Waals surface area contributed by atoms with Crippen LogP contribution >= 0.6 is 0 Å². The molecule has 0 aromatic heterocycles. The summed E-state index contributed by atoms with van der Waals surface area (Å²) in [6, 6.07) is 0. The predicted molar refractivity (Wildman–Crippen MR) is 125 cm³/mol. The van der Waals surface area contributed by atoms with E-state index >= 15 is 0 Å². The van der Waals surface area contributed by atoms with Crippen molar-refractivity contribution in [1.29, 1.82) is 0 Å². The van der Waals surface area contributed by atoms with Crippen molar-refractivity contribution in [2.75, 3.05) is 0 Å². The van der Waals surface area contributed by atoms with Crippen molar-refractivity contribution in [3.8, 4) is 0 Å². The van der Waals surface area contributed by atoms with Gasteiger partial charge < -0.3 is 10.6 Å². The average molecular weight is 393 g/mol. The third-order valence-electron chi connectivity index (χ3n) is 7.00. The fourth-order valence-electron chi connectivity index (χ4n) is 7.38. The maximum atomic E-state index is 3.87. The van der Waals surface area contributed by atoms with E-state index in [0.717, 1.165) is 23.7 Å². The molecule has 28 heavy (non-hydrogen) atoms. The molecule has 0 aliphatic carbocycles. The van der Waals surface area contributed by atoms with Crippen LogP contribution in [-0.4, -0.2) is 22.2 Å². The Morgan fingerprint density at radius 1 is 0.679 bits per heavy atom. The number of rotatable bonds is 7. The SMILES string of the molecule is CC(C)CC(CCC1CC(C)(C)NC(C)(C)C1)CC1CC(C)(C)NC(C)(C)C1. The number of hydrogen-bond acceptors (Lipinski definition) is 2. The van der Waals surface area contributed by atoms with Crippen LogP contribution in [0.15, 0.2) is 0 Å². The third kappa shape index (κ3) is 7.98. The topological polar surface area (TPSA) is 24.1 Å². The lowest BCUT2D eigenvalue weighted by Crippen LogP contribution is -2.58. The molecule has 2 nitrogen and oxygen atoms in total. The second kappa shape index (κ2) is 8.58. The molecular weight excluding hydrogens is 340 g/mol. The highest BCUT2D eigenvalue weighted by Gasteiger charge is 2.39. The fraction of sp³-hybridized carbons (Fsp3) is 1.00. The Morgan fingerprint density at radius 3 is 1.46 bits per heavy atom. The number of nitrogens with one attached hydrogen (secondary N) is 2. The summed E-state index contributed by atoms with van der Waals surface area (Å²) in [5.41, 5.74) is 1.11. The molecule has 1 atom stereocenters. The van der Waals surface area contributed by atoms with Crippen LogP contribution in [0.25, 0.3) is 0 Å². The van der Waals surface area contributed by atoms with Gasteiger partial charge in [0.05, 0.1) is 0 Å². The lowest BCUT2D eigenvalue weighted by Gasteiger charge is -2.48. The van der Waals surface area contributed by atoms with Gasteiger partial charge in [-0.3, -0.25) is 0 Å². The van der Waals surface area contributed by atoms with E-state index in [1.165, 1.54) is 51.4 Å². The molecule has 2 aliphatic heterocycles. The lowest BCUT2D eigenvalue weighted by molar-refractivity contribution is 0.0976. The van der Waals surface area contributed by atoms with Crippen LogP contribution in [0.5, 0.6) is 0 Å². The van der Waals surface area contributed by atoms with Gasteiger partial charge in [-0.15, -0.1) is 0 Å². The summed E-state index contributed by atoms with van der Waals surface area (Å²) in [4.78, 5) is 0. The van der Waals surface area contributed by atoms with E-state index in [-0.39, 0.29) is 22.2 Å². The van der Waals surface area contributed by atoms with Gasteiger partial charge in [-0.2, -0.15) is 0 Å². The molecule has 0 radical (unpaired) electrons. The molecule has 0 saturated carbocycles. The Labute approximate surface area is 177 Å². The normalized spacial score (nSPS) is 28.4. The van der Waals surface area contributed by atoms with Crippen molar-refractivity contribution in [2.24, 2.45) is 23.7 Å². The molecule has 0 amide bonds. The minimum atomic E-state index is 0.276. The molecule has 0 spiro atoms. The van der Waals surface area contributed by atoms with Crippen molar-refractivity contribution in [1.82, 2.24) is 10.6 Å². The van der Waals surface area contributed by atoms with E-state index in [9.17, 15) is 0 Å². The Balaban J connectivity index is 1.98. The zero-order valence-electron chi connectivity index (χ0n) is 21.0. The smallest absolute Gasteiger partial charge is 0.0132 e. The maximum Gasteiger partial charge on any atom is 0.0132 e. The molecule has 166 valence electrons. The zero-order valence-corrected chi connectivity index (χ0v) is 21.0. The molecule has 2 rings (SSSR count). The molecule has 1 unspecified atom stereocenters. The van der Waals surface area contributed by atoms with E-state index in [0.29, 0.717) is 0 Å². The summed E-state index contributed by atoms with van der Waals surface area (Å²) < 4.78 is 0. The van der Waals surface area contributed by atoms with Gasteiger partial charge in [-0.25, -0.2) is 0 Å². The molecule has 0 bridgehead atoms. The van der Waals surface area contributed by atoms with Gasteiger partial charge >= 0.3 is 0 Å². The van der Waals surface area contributed by atoms with Gasteiger partial charge in [0, 0.05) is 22.2 Å². The van der Waals surface area contributed by atoms with Crippen LogP contribution < -0.4 is 10.6 Å². The van der Waals surface area contributed by atoms with E-state index < -0.39 is 0 Å². The van der Waals surface area contributed by atoms with Crippen molar-refractivity contribution in [3.05, 3.63) is 0 Å². The molecule has 2 aliphatic rings. The van der Waals surface area contributed by atoms with Crippen molar-refractivity contribution >= 4 is 0 Å². The Hall–Kier alpha value is -0.0800. The standard InChI is InChI=1S/C26H52N2/c1-19(2)13-20(14-22-17-25(7,8)28-26(9,10)18-22)11-12-21-15-23(3,4)27-24(5,6)16-21/h19-22,27-28H,11-18H2,1-10H3. The molecule has 2 heterocycles. The minimum Gasteiger partial charge on any atom is -0.307 e. The molecule has 0 aromatic carbocycles. The largest absolute Gasteiger partial charge is 0.307 e. The van der Waals surface area contributed by atoms with Crippen LogP contribution in [0.1, 0.15) is 121 Å². The predicted octanol–water partition coefficient (Wildman–Crippen LogP) is 6.93. The Bertz CT molecular complexity index is 469. The van der Waals surface area contributed by atoms with E-state index in [2.05, 4.69) is 79.9 Å². The summed E-state index contributed by atoms with van der Waals surface area (Å²) in [5, 5.41) is 7.73. The summed E-state index contributed by atoms with van der Waals surface area (Å²) in [6.45, 7) is 24.0. The van der Waals surface area contributed by atoms with Gasteiger partial charge in [0.1, 0.15) is 0 Å². The minimum absolute atomic E-state index is 0.276. The highest BCUT2D eigenvalue weighted by atomic mass is 15.1. The third-order valence-corrected chi connectivity index (χ3v) is 7.00. The van der Waals surface area contributed by atoms with Crippen molar-refractivity contribution in [2.45, 2.75) is 143 Å². The molecule has 2 heteroatoms. The highest BCUT2D eigenvalue weighted by molar-refractivity contribution is 4.98. The number of hydrogen-bond donors (Lipinski definition) is 2. The second-order valence-electron chi connectivity index (χ2n) is 13.6. The van der Waals surface area contributed by atoms with E-state index in [1.54, 1.807) is 0 Å². The van der Waals surface area contributed by atoms with E-state index in [1.807, 2.05) is 0 Å². The van der Waals surface area contributed by atoms with Gasteiger partial charge in [-0.05, 0) is 118 Å². The number of piperidine rings is 2. The average Bonchev–Trinajstić information content (AvgIpc) is 2.37. The first-order chi connectivity index (χ1) is 12.6. The summed E-state index contributed by atoms with van der Waals surface area (Å²) in [6.07, 6.45) is 11.0. The first-order valence-corrected chi connectivity index (χ1v) is 12.2. The Kier molecular flexibility index (Phi) is 7.41. The summed E-state index contributed by atoms with van der Waals surface area (Å²) >= 11 is 0. The van der Waals surface area contributed by atoms with E-state index in [4.69, 9.17) is 0 Å². The highest BCUT2D eigenvalue weighted by Crippen LogP contribution is 2.40. The van der Waals surface area contributed by atoms with Gasteiger partial charge in [-0.1, -0.05) is 26.7 Å². The van der Waals surface area contributed by atoms with Crippen molar-refractivity contribution in [3.63, 3.8) is 0 Å².